The van der Waals surface area contributed by atoms with Crippen LogP contribution < -0.4 is 15.7 Å². The van der Waals surface area contributed by atoms with Crippen LogP contribution in [0, 0.1) is 13.8 Å². The van der Waals surface area contributed by atoms with Crippen LogP contribution in [0.4, 0.5) is 0 Å². The molecule has 30 heavy (non-hydrogen) atoms. The maximum absolute atomic E-state index is 12.6. The number of likely N-dealkylation sites (tertiary alicyclic amines) is 1. The number of benzene rings is 1. The van der Waals surface area contributed by atoms with Crippen molar-refractivity contribution in [2.24, 2.45) is 0 Å². The molecule has 2 heterocycles. The molecule has 1 amide bonds. The number of nitrogens with one attached hydrogen (secondary N) is 1. The van der Waals surface area contributed by atoms with E-state index in [0.717, 1.165) is 48.0 Å². The largest absolute Gasteiger partial charge is 0.488 e. The summed E-state index contributed by atoms with van der Waals surface area (Å²) in [6, 6.07) is 4.11. The van der Waals surface area contributed by atoms with Crippen LogP contribution in [0.3, 0.4) is 0 Å². The van der Waals surface area contributed by atoms with Gasteiger partial charge in [0.2, 0.25) is 5.91 Å². The maximum Gasteiger partial charge on any atom is 0.340 e. The number of rotatable bonds is 8. The summed E-state index contributed by atoms with van der Waals surface area (Å²) in [5.41, 5.74) is 2.94. The molecule has 1 saturated heterocycles. The SMILES string of the molecule is C=C(C)COc1cc(C)cc2oc(=O)c(CC(=O)NC[C@@H]3CCCN3CC)c(C)c12. The number of hydrogen-bond donors (Lipinski definition) is 1. The Morgan fingerprint density at radius 1 is 1.37 bits per heavy atom. The van der Waals surface area contributed by atoms with Crippen LogP contribution in [-0.4, -0.2) is 43.1 Å². The first-order valence-electron chi connectivity index (χ1n) is 10.6. The molecule has 1 fully saturated rings. The van der Waals surface area contributed by atoms with Crippen LogP contribution in [0.5, 0.6) is 5.75 Å². The lowest BCUT2D eigenvalue weighted by atomic mass is 10.0. The summed E-state index contributed by atoms with van der Waals surface area (Å²) < 4.78 is 11.5. The number of hydrogen-bond acceptors (Lipinski definition) is 5. The number of ether oxygens (including phenoxy) is 1. The van der Waals surface area contributed by atoms with E-state index in [0.29, 0.717) is 36.1 Å². The Hall–Kier alpha value is -2.60. The Labute approximate surface area is 177 Å². The predicted octanol–water partition coefficient (Wildman–Crippen LogP) is 3.51. The van der Waals surface area contributed by atoms with E-state index < -0.39 is 5.63 Å². The molecule has 3 rings (SSSR count). The zero-order valence-corrected chi connectivity index (χ0v) is 18.5. The Balaban J connectivity index is 1.83. The Morgan fingerprint density at radius 3 is 2.83 bits per heavy atom. The quantitative estimate of drug-likeness (QED) is 0.531. The van der Waals surface area contributed by atoms with Gasteiger partial charge in [-0.05, 0) is 75.5 Å². The summed E-state index contributed by atoms with van der Waals surface area (Å²) >= 11 is 0. The van der Waals surface area contributed by atoms with Gasteiger partial charge in [0, 0.05) is 12.6 Å². The zero-order valence-electron chi connectivity index (χ0n) is 18.5. The molecule has 0 saturated carbocycles. The lowest BCUT2D eigenvalue weighted by Crippen LogP contribution is -2.40. The van der Waals surface area contributed by atoms with Crippen molar-refractivity contribution in [3.63, 3.8) is 0 Å². The molecule has 162 valence electrons. The number of amides is 1. The summed E-state index contributed by atoms with van der Waals surface area (Å²) in [5.74, 6) is 0.477. The third-order valence-electron chi connectivity index (χ3n) is 5.74. The fraction of sp³-hybridized carbons (Fsp3) is 0.500. The molecule has 2 aromatic rings. The second-order valence-corrected chi connectivity index (χ2v) is 8.28. The fourth-order valence-electron chi connectivity index (χ4n) is 4.15. The van der Waals surface area contributed by atoms with Crippen molar-refractivity contribution in [1.29, 1.82) is 0 Å². The van der Waals surface area contributed by atoms with E-state index in [-0.39, 0.29) is 12.3 Å². The summed E-state index contributed by atoms with van der Waals surface area (Å²) in [5, 5.41) is 3.73. The van der Waals surface area contributed by atoms with E-state index in [2.05, 4.69) is 23.7 Å². The van der Waals surface area contributed by atoms with Crippen molar-refractivity contribution in [3.05, 3.63) is 51.4 Å². The summed E-state index contributed by atoms with van der Waals surface area (Å²) in [4.78, 5) is 27.6. The van der Waals surface area contributed by atoms with Gasteiger partial charge in [0.25, 0.3) is 0 Å². The predicted molar refractivity (Wildman–Crippen MR) is 119 cm³/mol. The smallest absolute Gasteiger partial charge is 0.340 e. The molecule has 1 aromatic heterocycles. The molecular formula is C24H32N2O4. The number of carbonyl (C=O) groups is 1. The highest BCUT2D eigenvalue weighted by Gasteiger charge is 2.24. The van der Waals surface area contributed by atoms with Gasteiger partial charge in [-0.1, -0.05) is 13.5 Å². The topological polar surface area (TPSA) is 71.8 Å². The highest BCUT2D eigenvalue weighted by atomic mass is 16.5. The molecule has 0 spiro atoms. The van der Waals surface area contributed by atoms with Crippen molar-refractivity contribution < 1.29 is 13.9 Å². The number of nitrogens with zero attached hydrogens (tertiary/aromatic N) is 1. The van der Waals surface area contributed by atoms with Gasteiger partial charge >= 0.3 is 5.63 Å². The molecule has 0 unspecified atom stereocenters. The van der Waals surface area contributed by atoms with Crippen molar-refractivity contribution in [2.45, 2.75) is 53.0 Å². The molecular weight excluding hydrogens is 380 g/mol. The van der Waals surface area contributed by atoms with E-state index in [1.807, 2.05) is 32.9 Å². The van der Waals surface area contributed by atoms with Crippen LogP contribution in [0.2, 0.25) is 0 Å². The van der Waals surface area contributed by atoms with Crippen molar-refractivity contribution in [1.82, 2.24) is 10.2 Å². The molecule has 1 aromatic carbocycles. The Morgan fingerprint density at radius 2 is 2.13 bits per heavy atom. The first-order chi connectivity index (χ1) is 14.3. The minimum Gasteiger partial charge on any atom is -0.488 e. The summed E-state index contributed by atoms with van der Waals surface area (Å²) in [6.45, 7) is 14.7. The van der Waals surface area contributed by atoms with Gasteiger partial charge in [0.1, 0.15) is 17.9 Å². The molecule has 1 atom stereocenters. The first kappa shape index (κ1) is 22.1. The first-order valence-corrected chi connectivity index (χ1v) is 10.6. The van der Waals surface area contributed by atoms with Crippen molar-refractivity contribution >= 4 is 16.9 Å². The van der Waals surface area contributed by atoms with Gasteiger partial charge in [0.05, 0.1) is 17.4 Å². The molecule has 1 aliphatic heterocycles. The molecule has 0 aliphatic carbocycles. The molecule has 6 heteroatoms. The fourth-order valence-corrected chi connectivity index (χ4v) is 4.15. The van der Waals surface area contributed by atoms with Crippen LogP contribution in [-0.2, 0) is 11.2 Å². The van der Waals surface area contributed by atoms with Gasteiger partial charge in [-0.2, -0.15) is 0 Å². The van der Waals surface area contributed by atoms with E-state index in [9.17, 15) is 9.59 Å². The molecule has 0 bridgehead atoms. The number of aryl methyl sites for hydroxylation is 2. The minimum atomic E-state index is -0.470. The average molecular weight is 413 g/mol. The van der Waals surface area contributed by atoms with Gasteiger partial charge in [-0.15, -0.1) is 0 Å². The average Bonchev–Trinajstić information content (AvgIpc) is 3.14. The van der Waals surface area contributed by atoms with E-state index in [4.69, 9.17) is 9.15 Å². The van der Waals surface area contributed by atoms with Gasteiger partial charge in [-0.3, -0.25) is 9.69 Å². The van der Waals surface area contributed by atoms with Crippen molar-refractivity contribution in [2.75, 3.05) is 26.2 Å². The minimum absolute atomic E-state index is 0.00322. The zero-order chi connectivity index (χ0) is 21.8. The number of fused-ring (bicyclic) bond motifs is 1. The van der Waals surface area contributed by atoms with E-state index >= 15 is 0 Å². The van der Waals surface area contributed by atoms with Crippen LogP contribution >= 0.6 is 0 Å². The van der Waals surface area contributed by atoms with Gasteiger partial charge in [-0.25, -0.2) is 4.79 Å². The third kappa shape index (κ3) is 4.93. The summed E-state index contributed by atoms with van der Waals surface area (Å²) in [6.07, 6.45) is 2.25. The standard InChI is InChI=1S/C24H32N2O4/c1-6-26-9-7-8-18(26)13-25-22(27)12-19-17(5)23-20(29-14-15(2)3)10-16(4)11-21(23)30-24(19)28/h10-11,18H,2,6-9,12-14H2,1,3-5H3,(H,25,27)/t18-/m0/s1. The highest BCUT2D eigenvalue weighted by Crippen LogP contribution is 2.31. The molecule has 1 aliphatic rings. The lowest BCUT2D eigenvalue weighted by Gasteiger charge is -2.22. The Kier molecular flexibility index (Phi) is 6.98. The van der Waals surface area contributed by atoms with Gasteiger partial charge < -0.3 is 14.5 Å². The molecule has 0 radical (unpaired) electrons. The van der Waals surface area contributed by atoms with Crippen LogP contribution in [0.25, 0.3) is 11.0 Å². The van der Waals surface area contributed by atoms with Crippen LogP contribution in [0.1, 0.15) is 43.4 Å². The summed E-state index contributed by atoms with van der Waals surface area (Å²) in [7, 11) is 0. The molecule has 6 nitrogen and oxygen atoms in total. The highest BCUT2D eigenvalue weighted by molar-refractivity contribution is 5.89. The van der Waals surface area contributed by atoms with Crippen molar-refractivity contribution in [3.8, 4) is 5.75 Å². The monoisotopic (exact) mass is 412 g/mol. The normalized spacial score (nSPS) is 16.7. The maximum atomic E-state index is 12.6. The van der Waals surface area contributed by atoms with E-state index in [1.165, 1.54) is 0 Å². The van der Waals surface area contributed by atoms with Gasteiger partial charge in [0.15, 0.2) is 0 Å². The Bertz CT molecular complexity index is 1010. The number of carbonyl (C=O) groups excluding carboxylic acids is 1. The van der Waals surface area contributed by atoms with Crippen LogP contribution in [0.15, 0.2) is 33.5 Å². The second kappa shape index (κ2) is 9.47. The second-order valence-electron chi connectivity index (χ2n) is 8.28. The van der Waals surface area contributed by atoms with E-state index in [1.54, 1.807) is 0 Å². The molecule has 1 N–H and O–H groups in total. The lowest BCUT2D eigenvalue weighted by molar-refractivity contribution is -0.120. The number of likely N-dealkylation sites (N-methyl/N-ethyl adjacent to an activating group) is 1. The third-order valence-corrected chi connectivity index (χ3v) is 5.74.